The van der Waals surface area contributed by atoms with Gasteiger partial charge in [-0.05, 0) is 12.1 Å². The highest BCUT2D eigenvalue weighted by atomic mass is 16.5. The van der Waals surface area contributed by atoms with E-state index < -0.39 is 0 Å². The highest BCUT2D eigenvalue weighted by Gasteiger charge is 2.00. The quantitative estimate of drug-likeness (QED) is 0.313. The molecule has 0 radical (unpaired) electrons. The lowest BCUT2D eigenvalue weighted by Gasteiger charge is -2.00. The Bertz CT molecular complexity index is 418. The van der Waals surface area contributed by atoms with Crippen LogP contribution in [0.3, 0.4) is 0 Å². The molecular weight excluding hydrogens is 178 g/mol. The topological polar surface area (TPSA) is 39.2 Å². The fourth-order valence-corrected chi connectivity index (χ4v) is 1.13. The molecule has 3 nitrogen and oxygen atoms in total. The molecular formula is C11H9NO2. The maximum absolute atomic E-state index is 11.5. The van der Waals surface area contributed by atoms with E-state index in [-0.39, 0.29) is 0 Å². The first-order valence-electron chi connectivity index (χ1n) is 4.26. The molecule has 0 bridgehead atoms. The summed E-state index contributed by atoms with van der Waals surface area (Å²) in [5.74, 6) is 0.545. The number of rotatable bonds is 2. The van der Waals surface area contributed by atoms with Crippen molar-refractivity contribution >= 4 is 11.9 Å². The van der Waals surface area contributed by atoms with E-state index in [2.05, 4.69) is 0 Å². The van der Waals surface area contributed by atoms with Crippen molar-refractivity contribution in [1.82, 2.24) is 0 Å². The molecule has 1 heterocycles. The summed E-state index contributed by atoms with van der Waals surface area (Å²) in [7, 11) is 0. The van der Waals surface area contributed by atoms with Gasteiger partial charge in [0.2, 0.25) is 11.9 Å². The molecule has 3 heteroatoms. The summed E-state index contributed by atoms with van der Waals surface area (Å²) in [6.45, 7) is 0. The third-order valence-electron chi connectivity index (χ3n) is 1.80. The van der Waals surface area contributed by atoms with Gasteiger partial charge in [-0.15, -0.1) is 0 Å². The van der Waals surface area contributed by atoms with E-state index >= 15 is 0 Å². The minimum atomic E-state index is 0.545. The van der Waals surface area contributed by atoms with Crippen LogP contribution >= 0.6 is 0 Å². The zero-order chi connectivity index (χ0) is 9.80. The van der Waals surface area contributed by atoms with Gasteiger partial charge in [0.25, 0.3) is 0 Å². The van der Waals surface area contributed by atoms with Crippen molar-refractivity contribution in [2.45, 2.75) is 0 Å². The van der Waals surface area contributed by atoms with Gasteiger partial charge in [0.15, 0.2) is 5.76 Å². The van der Waals surface area contributed by atoms with E-state index in [0.717, 1.165) is 4.74 Å². The predicted octanol–water partition coefficient (Wildman–Crippen LogP) is 2.54. The van der Waals surface area contributed by atoms with Crippen LogP contribution < -0.4 is 0 Å². The standard InChI is InChI=1S/C11H9NO2/c13-12(9-11-7-4-8-14-11)10-5-2-1-3-6-10/h1-9H. The van der Waals surface area contributed by atoms with Gasteiger partial charge in [-0.2, -0.15) is 4.74 Å². The lowest BCUT2D eigenvalue weighted by molar-refractivity contribution is -0.354. The van der Waals surface area contributed by atoms with Gasteiger partial charge >= 0.3 is 0 Å². The summed E-state index contributed by atoms with van der Waals surface area (Å²) in [4.78, 5) is 0. The summed E-state index contributed by atoms with van der Waals surface area (Å²) in [6, 6.07) is 12.5. The zero-order valence-electron chi connectivity index (χ0n) is 7.46. The van der Waals surface area contributed by atoms with Crippen LogP contribution in [0.5, 0.6) is 0 Å². The van der Waals surface area contributed by atoms with Crippen LogP contribution in [0.1, 0.15) is 5.76 Å². The normalized spacial score (nSPS) is 11.6. The monoisotopic (exact) mass is 187 g/mol. The SMILES string of the molecule is [O-][N+](=Cc1ccco1)c1ccccc1. The number of hydrogen-bond acceptors (Lipinski definition) is 2. The summed E-state index contributed by atoms with van der Waals surface area (Å²) < 4.78 is 5.81. The maximum atomic E-state index is 11.5. The number of hydrogen-bond donors (Lipinski definition) is 0. The van der Waals surface area contributed by atoms with Gasteiger partial charge in [-0.1, -0.05) is 18.2 Å². The van der Waals surface area contributed by atoms with Crippen molar-refractivity contribution in [3.05, 3.63) is 59.7 Å². The van der Waals surface area contributed by atoms with E-state index in [0.29, 0.717) is 11.4 Å². The lowest BCUT2D eigenvalue weighted by atomic mass is 10.3. The Hall–Kier alpha value is -2.03. The minimum Gasteiger partial charge on any atom is -0.618 e. The number of benzene rings is 1. The molecule has 1 aromatic carbocycles. The first-order valence-corrected chi connectivity index (χ1v) is 4.26. The van der Waals surface area contributed by atoms with Crippen molar-refractivity contribution in [1.29, 1.82) is 0 Å². The highest BCUT2D eigenvalue weighted by Crippen LogP contribution is 2.09. The third-order valence-corrected chi connectivity index (χ3v) is 1.80. The summed E-state index contributed by atoms with van der Waals surface area (Å²) in [6.07, 6.45) is 2.93. The number of para-hydroxylation sites is 1. The Morgan fingerprint density at radius 3 is 2.50 bits per heavy atom. The van der Waals surface area contributed by atoms with Gasteiger partial charge in [0.1, 0.15) is 0 Å². The molecule has 0 spiro atoms. The number of furan rings is 1. The molecule has 0 unspecified atom stereocenters. The summed E-state index contributed by atoms with van der Waals surface area (Å²) in [5.41, 5.74) is 0.587. The van der Waals surface area contributed by atoms with E-state index in [4.69, 9.17) is 4.42 Å². The Labute approximate surface area is 81.5 Å². The molecule has 0 amide bonds. The van der Waals surface area contributed by atoms with E-state index in [1.54, 1.807) is 24.3 Å². The minimum absolute atomic E-state index is 0.545. The van der Waals surface area contributed by atoms with Crippen LogP contribution in [0.2, 0.25) is 0 Å². The molecule has 0 fully saturated rings. The molecule has 0 atom stereocenters. The van der Waals surface area contributed by atoms with Crippen molar-refractivity contribution in [3.8, 4) is 0 Å². The zero-order valence-corrected chi connectivity index (χ0v) is 7.46. The van der Waals surface area contributed by atoms with Crippen LogP contribution in [0.4, 0.5) is 5.69 Å². The van der Waals surface area contributed by atoms with E-state index in [1.165, 1.54) is 12.5 Å². The van der Waals surface area contributed by atoms with Gasteiger partial charge in [-0.25, -0.2) is 0 Å². The summed E-state index contributed by atoms with van der Waals surface area (Å²) >= 11 is 0. The molecule has 2 rings (SSSR count). The fraction of sp³-hybridized carbons (Fsp3) is 0. The van der Waals surface area contributed by atoms with Crippen molar-refractivity contribution < 1.29 is 9.16 Å². The van der Waals surface area contributed by atoms with Gasteiger partial charge < -0.3 is 9.62 Å². The van der Waals surface area contributed by atoms with Crippen LogP contribution in [0.25, 0.3) is 0 Å². The molecule has 70 valence electrons. The van der Waals surface area contributed by atoms with Crippen molar-refractivity contribution in [2.75, 3.05) is 0 Å². The molecule has 2 aromatic rings. The highest BCUT2D eigenvalue weighted by molar-refractivity contribution is 5.72. The molecule has 0 saturated heterocycles. The van der Waals surface area contributed by atoms with Crippen molar-refractivity contribution in [2.24, 2.45) is 0 Å². The van der Waals surface area contributed by atoms with Gasteiger partial charge in [0.05, 0.1) is 6.26 Å². The summed E-state index contributed by atoms with van der Waals surface area (Å²) in [5, 5.41) is 11.5. The van der Waals surface area contributed by atoms with Crippen LogP contribution in [0.15, 0.2) is 53.1 Å². The van der Waals surface area contributed by atoms with E-state index in [1.807, 2.05) is 18.2 Å². The van der Waals surface area contributed by atoms with Gasteiger partial charge in [0, 0.05) is 12.1 Å². The lowest BCUT2D eigenvalue weighted by Crippen LogP contribution is -1.96. The van der Waals surface area contributed by atoms with Crippen molar-refractivity contribution in [3.63, 3.8) is 0 Å². The second-order valence-corrected chi connectivity index (χ2v) is 2.81. The van der Waals surface area contributed by atoms with Gasteiger partial charge in [-0.3, -0.25) is 0 Å². The maximum Gasteiger partial charge on any atom is 0.223 e. The fourth-order valence-electron chi connectivity index (χ4n) is 1.13. The molecule has 0 aliphatic rings. The first-order chi connectivity index (χ1) is 6.86. The smallest absolute Gasteiger partial charge is 0.223 e. The Kier molecular flexibility index (Phi) is 2.32. The van der Waals surface area contributed by atoms with Crippen LogP contribution in [-0.2, 0) is 0 Å². The average Bonchev–Trinajstić information content (AvgIpc) is 2.72. The number of nitrogens with zero attached hydrogens (tertiary/aromatic N) is 1. The molecule has 0 saturated carbocycles. The molecule has 1 aromatic heterocycles. The Balaban J connectivity index is 2.29. The second kappa shape index (κ2) is 3.79. The van der Waals surface area contributed by atoms with E-state index in [9.17, 15) is 5.21 Å². The third kappa shape index (κ3) is 1.82. The largest absolute Gasteiger partial charge is 0.618 e. The van der Waals surface area contributed by atoms with Crippen LogP contribution in [0, 0.1) is 5.21 Å². The first kappa shape index (κ1) is 8.56. The second-order valence-electron chi connectivity index (χ2n) is 2.81. The van der Waals surface area contributed by atoms with Crippen LogP contribution in [-0.4, -0.2) is 11.0 Å². The molecule has 0 N–H and O–H groups in total. The average molecular weight is 187 g/mol. The predicted molar refractivity (Wildman–Crippen MR) is 53.6 cm³/mol. The molecule has 14 heavy (non-hydrogen) atoms. The molecule has 0 aliphatic carbocycles. The molecule has 0 aliphatic heterocycles. The Morgan fingerprint density at radius 1 is 1.07 bits per heavy atom. The Morgan fingerprint density at radius 2 is 1.86 bits per heavy atom.